The van der Waals surface area contributed by atoms with Crippen molar-refractivity contribution in [3.05, 3.63) is 35.4 Å². The van der Waals surface area contributed by atoms with Gasteiger partial charge in [0, 0.05) is 31.7 Å². The van der Waals surface area contributed by atoms with E-state index in [0.717, 1.165) is 6.54 Å². The van der Waals surface area contributed by atoms with Crippen molar-refractivity contribution in [2.75, 3.05) is 34.3 Å². The summed E-state index contributed by atoms with van der Waals surface area (Å²) < 4.78 is 4.67. The van der Waals surface area contributed by atoms with Crippen LogP contribution in [0.1, 0.15) is 52.8 Å². The molecule has 0 N–H and O–H groups in total. The van der Waals surface area contributed by atoms with Crippen LogP contribution in [0, 0.1) is 0 Å². The normalized spacial score (nSPS) is 15.3. The van der Waals surface area contributed by atoms with Crippen LogP contribution < -0.4 is 0 Å². The van der Waals surface area contributed by atoms with E-state index < -0.39 is 5.97 Å². The Bertz CT molecular complexity index is 550. The van der Waals surface area contributed by atoms with Crippen molar-refractivity contribution in [2.24, 2.45) is 0 Å². The number of rotatable bonds is 6. The molecule has 1 aliphatic carbocycles. The summed E-state index contributed by atoms with van der Waals surface area (Å²) >= 11 is 0. The van der Waals surface area contributed by atoms with Gasteiger partial charge in [-0.1, -0.05) is 19.3 Å². The number of carbonyl (C=O) groups is 2. The molecule has 0 saturated heterocycles. The number of nitrogens with zero attached hydrogens (tertiary/aromatic N) is 2. The van der Waals surface area contributed by atoms with E-state index in [9.17, 15) is 9.59 Å². The molecule has 0 heterocycles. The number of hydrogen-bond acceptors (Lipinski definition) is 4. The first-order valence-electron chi connectivity index (χ1n) is 8.67. The molecule has 1 fully saturated rings. The predicted molar refractivity (Wildman–Crippen MR) is 94.2 cm³/mol. The molecule has 5 nitrogen and oxygen atoms in total. The van der Waals surface area contributed by atoms with Gasteiger partial charge in [-0.05, 0) is 44.2 Å². The van der Waals surface area contributed by atoms with E-state index >= 15 is 0 Å². The van der Waals surface area contributed by atoms with E-state index in [1.54, 1.807) is 29.2 Å². The van der Waals surface area contributed by atoms with Crippen LogP contribution >= 0.6 is 0 Å². The minimum atomic E-state index is -0.392. The number of ether oxygens (including phenoxy) is 1. The van der Waals surface area contributed by atoms with Crippen LogP contribution in [-0.2, 0) is 4.74 Å². The highest BCUT2D eigenvalue weighted by atomic mass is 16.5. The van der Waals surface area contributed by atoms with Gasteiger partial charge in [0.05, 0.1) is 12.7 Å². The van der Waals surface area contributed by atoms with Crippen molar-refractivity contribution >= 4 is 11.9 Å². The van der Waals surface area contributed by atoms with Crippen LogP contribution in [0.15, 0.2) is 24.3 Å². The minimum absolute atomic E-state index is 0.0246. The van der Waals surface area contributed by atoms with E-state index in [4.69, 9.17) is 0 Å². The Morgan fingerprint density at radius 3 is 2.17 bits per heavy atom. The molecule has 1 saturated carbocycles. The van der Waals surface area contributed by atoms with Gasteiger partial charge >= 0.3 is 5.97 Å². The molecule has 0 bridgehead atoms. The highest BCUT2D eigenvalue weighted by Crippen LogP contribution is 2.21. The molecule has 132 valence electrons. The molecular weight excluding hydrogens is 304 g/mol. The van der Waals surface area contributed by atoms with Crippen molar-refractivity contribution in [3.63, 3.8) is 0 Å². The number of carbonyl (C=O) groups excluding carboxylic acids is 2. The Hall–Kier alpha value is -1.88. The Balaban J connectivity index is 1.86. The van der Waals surface area contributed by atoms with Gasteiger partial charge in [-0.25, -0.2) is 4.79 Å². The fourth-order valence-electron chi connectivity index (χ4n) is 3.20. The largest absolute Gasteiger partial charge is 0.465 e. The molecule has 5 heteroatoms. The smallest absolute Gasteiger partial charge is 0.337 e. The minimum Gasteiger partial charge on any atom is -0.465 e. The second-order valence-electron chi connectivity index (χ2n) is 6.57. The number of likely N-dealkylation sites (N-methyl/N-ethyl adjacent to an activating group) is 2. The maximum absolute atomic E-state index is 12.5. The average molecular weight is 332 g/mol. The molecule has 0 aliphatic heterocycles. The summed E-state index contributed by atoms with van der Waals surface area (Å²) in [5.74, 6) is -0.417. The zero-order chi connectivity index (χ0) is 17.5. The highest BCUT2D eigenvalue weighted by Gasteiger charge is 2.19. The summed E-state index contributed by atoms with van der Waals surface area (Å²) in [5, 5.41) is 0. The third kappa shape index (κ3) is 4.81. The van der Waals surface area contributed by atoms with Crippen molar-refractivity contribution in [1.82, 2.24) is 9.80 Å². The zero-order valence-electron chi connectivity index (χ0n) is 15.0. The zero-order valence-corrected chi connectivity index (χ0v) is 15.0. The van der Waals surface area contributed by atoms with Gasteiger partial charge in [0.2, 0.25) is 0 Å². The van der Waals surface area contributed by atoms with Gasteiger partial charge < -0.3 is 14.5 Å². The number of amides is 1. The lowest BCUT2D eigenvalue weighted by atomic mass is 9.94. The second kappa shape index (κ2) is 8.83. The molecule has 0 spiro atoms. The third-order valence-electron chi connectivity index (χ3n) is 4.89. The Morgan fingerprint density at radius 2 is 1.58 bits per heavy atom. The van der Waals surface area contributed by atoms with Crippen molar-refractivity contribution in [1.29, 1.82) is 0 Å². The maximum Gasteiger partial charge on any atom is 0.337 e. The first kappa shape index (κ1) is 18.5. The number of esters is 1. The van der Waals surface area contributed by atoms with E-state index in [-0.39, 0.29) is 5.91 Å². The van der Waals surface area contributed by atoms with E-state index in [1.165, 1.54) is 39.2 Å². The summed E-state index contributed by atoms with van der Waals surface area (Å²) in [4.78, 5) is 28.0. The topological polar surface area (TPSA) is 49.9 Å². The summed E-state index contributed by atoms with van der Waals surface area (Å²) in [7, 11) is 5.32. The van der Waals surface area contributed by atoms with Crippen LogP contribution in [0.25, 0.3) is 0 Å². The summed E-state index contributed by atoms with van der Waals surface area (Å²) in [6.07, 6.45) is 6.52. The van der Waals surface area contributed by atoms with Gasteiger partial charge in [-0.3, -0.25) is 4.79 Å². The lowest BCUT2D eigenvalue weighted by molar-refractivity contribution is 0.0600. The molecular formula is C19H28N2O3. The first-order valence-corrected chi connectivity index (χ1v) is 8.67. The Kier molecular flexibility index (Phi) is 6.79. The van der Waals surface area contributed by atoms with Crippen LogP contribution in [0.2, 0.25) is 0 Å². The molecule has 2 rings (SSSR count). The highest BCUT2D eigenvalue weighted by molar-refractivity contribution is 5.96. The van der Waals surface area contributed by atoms with Crippen LogP contribution in [-0.4, -0.2) is 62.0 Å². The lowest BCUT2D eigenvalue weighted by Gasteiger charge is -2.32. The van der Waals surface area contributed by atoms with E-state index in [1.807, 2.05) is 7.05 Å². The molecule has 0 aromatic heterocycles. The molecule has 0 unspecified atom stereocenters. The summed E-state index contributed by atoms with van der Waals surface area (Å²) in [6.45, 7) is 1.58. The fraction of sp³-hybridized carbons (Fsp3) is 0.579. The molecule has 24 heavy (non-hydrogen) atoms. The second-order valence-corrected chi connectivity index (χ2v) is 6.57. The molecule has 0 atom stereocenters. The van der Waals surface area contributed by atoms with Gasteiger partial charge in [0.1, 0.15) is 0 Å². The fourth-order valence-corrected chi connectivity index (χ4v) is 3.20. The monoisotopic (exact) mass is 332 g/mol. The average Bonchev–Trinajstić information content (AvgIpc) is 2.65. The SMILES string of the molecule is COC(=O)c1ccc(C(=O)N(C)CCN(C)C2CCCCC2)cc1. The van der Waals surface area contributed by atoms with Crippen LogP contribution in [0.5, 0.6) is 0 Å². The standard InChI is InChI=1S/C19H28N2O3/c1-20(17-7-5-4-6-8-17)13-14-21(2)18(22)15-9-11-16(12-10-15)19(23)24-3/h9-12,17H,4-8,13-14H2,1-3H3. The van der Waals surface area contributed by atoms with E-state index in [2.05, 4.69) is 16.7 Å². The Labute approximate surface area is 144 Å². The third-order valence-corrected chi connectivity index (χ3v) is 4.89. The molecule has 1 aromatic carbocycles. The van der Waals surface area contributed by atoms with Crippen molar-refractivity contribution in [2.45, 2.75) is 38.1 Å². The van der Waals surface area contributed by atoms with E-state index in [0.29, 0.717) is 23.7 Å². The van der Waals surface area contributed by atoms with Gasteiger partial charge in [-0.2, -0.15) is 0 Å². The molecule has 1 aliphatic rings. The summed E-state index contributed by atoms with van der Waals surface area (Å²) in [6, 6.07) is 7.26. The quantitative estimate of drug-likeness (QED) is 0.752. The Morgan fingerprint density at radius 1 is 1.00 bits per heavy atom. The van der Waals surface area contributed by atoms with Crippen LogP contribution in [0.4, 0.5) is 0 Å². The number of hydrogen-bond donors (Lipinski definition) is 0. The van der Waals surface area contributed by atoms with Gasteiger partial charge in [0.15, 0.2) is 0 Å². The van der Waals surface area contributed by atoms with Crippen LogP contribution in [0.3, 0.4) is 0 Å². The van der Waals surface area contributed by atoms with Crippen molar-refractivity contribution < 1.29 is 14.3 Å². The number of methoxy groups -OCH3 is 1. The summed E-state index contributed by atoms with van der Waals surface area (Å²) in [5.41, 5.74) is 1.04. The van der Waals surface area contributed by atoms with Gasteiger partial charge in [-0.15, -0.1) is 0 Å². The lowest BCUT2D eigenvalue weighted by Crippen LogP contribution is -2.40. The molecule has 1 aromatic rings. The van der Waals surface area contributed by atoms with Gasteiger partial charge in [0.25, 0.3) is 5.91 Å². The number of benzene rings is 1. The van der Waals surface area contributed by atoms with Crippen molar-refractivity contribution in [3.8, 4) is 0 Å². The predicted octanol–water partition coefficient (Wildman–Crippen LogP) is 2.81. The first-order chi connectivity index (χ1) is 11.5. The molecule has 1 amide bonds. The molecule has 0 radical (unpaired) electrons. The maximum atomic E-state index is 12.5.